The van der Waals surface area contributed by atoms with E-state index < -0.39 is 43.8 Å². The molecule has 3 aromatic heterocycles. The Morgan fingerprint density at radius 3 is 2.64 bits per heavy atom. The number of anilines is 1. The minimum atomic E-state index is -4.42. The number of sulfonamides is 1. The van der Waals surface area contributed by atoms with Crippen LogP contribution in [0, 0.1) is 18.6 Å². The molecule has 0 radical (unpaired) electrons. The van der Waals surface area contributed by atoms with E-state index >= 15 is 4.39 Å². The van der Waals surface area contributed by atoms with Gasteiger partial charge in [-0.1, -0.05) is 17.7 Å². The Morgan fingerprint density at radius 2 is 1.94 bits per heavy atom. The van der Waals surface area contributed by atoms with Gasteiger partial charge in [-0.2, -0.15) is 0 Å². The summed E-state index contributed by atoms with van der Waals surface area (Å²) in [5.74, 6) is -2.97. The monoisotopic (exact) mass is 536 g/mol. The van der Waals surface area contributed by atoms with E-state index in [4.69, 9.17) is 21.1 Å². The number of nitrogens with zero attached hydrogens (tertiary/aromatic N) is 3. The van der Waals surface area contributed by atoms with E-state index in [0.29, 0.717) is 11.2 Å². The fourth-order valence-electron chi connectivity index (χ4n) is 3.65. The van der Waals surface area contributed by atoms with Crippen LogP contribution in [0.5, 0.6) is 5.88 Å². The number of aromatic nitrogens is 3. The second-order valence-electron chi connectivity index (χ2n) is 7.45. The molecule has 0 saturated heterocycles. The summed E-state index contributed by atoms with van der Waals surface area (Å²) >= 11 is 5.87. The molecule has 188 valence electrons. The molecule has 1 N–H and O–H groups in total. The zero-order valence-corrected chi connectivity index (χ0v) is 20.7. The van der Waals surface area contributed by atoms with Crippen LogP contribution in [0.3, 0.4) is 0 Å². The fourth-order valence-corrected chi connectivity index (χ4v) is 5.08. The molecule has 0 saturated carbocycles. The highest BCUT2D eigenvalue weighted by Gasteiger charge is 2.26. The molecule has 0 amide bonds. The standard InChI is InChI=1S/C23H19ClF2N4O5S/c1-4-35-23(31)21-17-8-5-14(12(2)30(17)11-28-21)19-15(25)6-7-16(20(19)26)29-36(32,33)18-9-13(24)10-27-22(18)34-3/h5-11,29H,4H2,1-3H3. The van der Waals surface area contributed by atoms with Gasteiger partial charge < -0.3 is 13.9 Å². The van der Waals surface area contributed by atoms with Crippen molar-refractivity contribution < 1.29 is 31.5 Å². The van der Waals surface area contributed by atoms with Gasteiger partial charge in [0.2, 0.25) is 5.88 Å². The van der Waals surface area contributed by atoms with Gasteiger partial charge in [0, 0.05) is 17.5 Å². The number of nitrogens with one attached hydrogen (secondary N) is 1. The van der Waals surface area contributed by atoms with Gasteiger partial charge in [0.15, 0.2) is 16.4 Å². The van der Waals surface area contributed by atoms with E-state index in [2.05, 4.69) is 14.7 Å². The van der Waals surface area contributed by atoms with Crippen molar-refractivity contribution >= 4 is 38.8 Å². The van der Waals surface area contributed by atoms with Crippen molar-refractivity contribution in [1.29, 1.82) is 0 Å². The highest BCUT2D eigenvalue weighted by Crippen LogP contribution is 2.35. The normalized spacial score (nSPS) is 11.5. The van der Waals surface area contributed by atoms with E-state index in [0.717, 1.165) is 18.2 Å². The second kappa shape index (κ2) is 9.70. The quantitative estimate of drug-likeness (QED) is 0.343. The smallest absolute Gasteiger partial charge is 0.359 e. The Kier molecular flexibility index (Phi) is 6.83. The third-order valence-corrected chi connectivity index (χ3v) is 6.87. The summed E-state index contributed by atoms with van der Waals surface area (Å²) in [7, 11) is -3.20. The maximum atomic E-state index is 15.6. The molecule has 36 heavy (non-hydrogen) atoms. The number of benzene rings is 1. The van der Waals surface area contributed by atoms with E-state index in [1.165, 1.54) is 36.2 Å². The molecule has 0 spiro atoms. The third-order valence-electron chi connectivity index (χ3n) is 5.30. The van der Waals surface area contributed by atoms with Crippen molar-refractivity contribution in [3.05, 3.63) is 70.9 Å². The molecule has 0 unspecified atom stereocenters. The number of carbonyl (C=O) groups is 1. The Hall–Kier alpha value is -3.77. The van der Waals surface area contributed by atoms with Gasteiger partial charge in [0.1, 0.15) is 12.1 Å². The van der Waals surface area contributed by atoms with E-state index in [1.807, 2.05) is 0 Å². The van der Waals surface area contributed by atoms with Crippen LogP contribution in [0.4, 0.5) is 14.5 Å². The van der Waals surface area contributed by atoms with Gasteiger partial charge in [-0.15, -0.1) is 0 Å². The molecule has 0 aliphatic heterocycles. The van der Waals surface area contributed by atoms with Gasteiger partial charge in [0.25, 0.3) is 10.0 Å². The molecule has 0 bridgehead atoms. The van der Waals surface area contributed by atoms with Crippen molar-refractivity contribution in [3.63, 3.8) is 0 Å². The van der Waals surface area contributed by atoms with Gasteiger partial charge in [-0.05, 0) is 38.1 Å². The topological polar surface area (TPSA) is 112 Å². The number of rotatable bonds is 7. The van der Waals surface area contributed by atoms with Crippen molar-refractivity contribution in [2.24, 2.45) is 0 Å². The van der Waals surface area contributed by atoms with Crippen LogP contribution < -0.4 is 9.46 Å². The Bertz CT molecular complexity index is 1610. The van der Waals surface area contributed by atoms with Gasteiger partial charge in [-0.25, -0.2) is 32.0 Å². The molecule has 1 aromatic carbocycles. The predicted octanol–water partition coefficient (Wildman–Crippen LogP) is 4.62. The third kappa shape index (κ3) is 4.44. The molecular formula is C23H19ClF2N4O5S. The van der Waals surface area contributed by atoms with E-state index in [1.54, 1.807) is 13.8 Å². The Balaban J connectivity index is 1.80. The first-order valence-electron chi connectivity index (χ1n) is 10.4. The lowest BCUT2D eigenvalue weighted by Crippen LogP contribution is -2.16. The number of ether oxygens (including phenoxy) is 2. The molecular weight excluding hydrogens is 518 g/mol. The number of fused-ring (bicyclic) bond motifs is 1. The SMILES string of the molecule is CCOC(=O)c1ncn2c(C)c(-c3c(F)ccc(NS(=O)(=O)c4cc(Cl)cnc4OC)c3F)ccc12. The molecule has 3 heterocycles. The van der Waals surface area contributed by atoms with Crippen molar-refractivity contribution in [2.45, 2.75) is 18.7 Å². The van der Waals surface area contributed by atoms with Gasteiger partial charge >= 0.3 is 5.97 Å². The van der Waals surface area contributed by atoms with Crippen molar-refractivity contribution in [2.75, 3.05) is 18.4 Å². The van der Waals surface area contributed by atoms with Crippen LogP contribution in [0.15, 0.2) is 47.8 Å². The summed E-state index contributed by atoms with van der Waals surface area (Å²) in [6.45, 7) is 3.40. The lowest BCUT2D eigenvalue weighted by Gasteiger charge is -2.15. The summed E-state index contributed by atoms with van der Waals surface area (Å²) in [6.07, 6.45) is 2.53. The van der Waals surface area contributed by atoms with Gasteiger partial charge in [0.05, 0.1) is 35.5 Å². The average Bonchev–Trinajstić information content (AvgIpc) is 3.27. The molecule has 4 aromatic rings. The number of methoxy groups -OCH3 is 1. The number of carbonyl (C=O) groups excluding carboxylic acids is 1. The van der Waals surface area contributed by atoms with Gasteiger partial charge in [-0.3, -0.25) is 4.72 Å². The molecule has 13 heteroatoms. The lowest BCUT2D eigenvalue weighted by molar-refractivity contribution is 0.0522. The minimum Gasteiger partial charge on any atom is -0.480 e. The van der Waals surface area contributed by atoms with Crippen LogP contribution in [0.25, 0.3) is 16.6 Å². The summed E-state index contributed by atoms with van der Waals surface area (Å²) in [6, 6.07) is 5.88. The van der Waals surface area contributed by atoms with Crippen LogP contribution in [-0.4, -0.2) is 42.5 Å². The molecule has 4 rings (SSSR count). The van der Waals surface area contributed by atoms with Crippen LogP contribution in [-0.2, 0) is 14.8 Å². The first kappa shape index (κ1) is 25.3. The van der Waals surface area contributed by atoms with Crippen molar-refractivity contribution in [3.8, 4) is 17.0 Å². The summed E-state index contributed by atoms with van der Waals surface area (Å²) in [4.78, 5) is 19.6. The number of aryl methyl sites for hydroxylation is 1. The number of pyridine rings is 2. The van der Waals surface area contributed by atoms with Crippen LogP contribution >= 0.6 is 11.6 Å². The number of hydrogen-bond donors (Lipinski definition) is 1. The van der Waals surface area contributed by atoms with Crippen molar-refractivity contribution in [1.82, 2.24) is 14.4 Å². The zero-order chi connectivity index (χ0) is 26.2. The second-order valence-corrected chi connectivity index (χ2v) is 9.54. The molecule has 0 aliphatic carbocycles. The average molecular weight is 537 g/mol. The summed E-state index contributed by atoms with van der Waals surface area (Å²) in [5.41, 5.74) is -0.0728. The largest absolute Gasteiger partial charge is 0.480 e. The zero-order valence-electron chi connectivity index (χ0n) is 19.2. The highest BCUT2D eigenvalue weighted by molar-refractivity contribution is 7.92. The maximum Gasteiger partial charge on any atom is 0.359 e. The van der Waals surface area contributed by atoms with Crippen LogP contribution in [0.2, 0.25) is 5.02 Å². The highest BCUT2D eigenvalue weighted by atomic mass is 35.5. The maximum absolute atomic E-state index is 15.6. The lowest BCUT2D eigenvalue weighted by atomic mass is 10.0. The fraction of sp³-hybridized carbons (Fsp3) is 0.174. The summed E-state index contributed by atoms with van der Waals surface area (Å²) in [5, 5.41) is 0.0166. The molecule has 0 aliphatic rings. The number of hydrogen-bond acceptors (Lipinski definition) is 7. The summed E-state index contributed by atoms with van der Waals surface area (Å²) < 4.78 is 70.0. The molecule has 0 atom stereocenters. The Labute approximate surface area is 209 Å². The van der Waals surface area contributed by atoms with Crippen LogP contribution in [0.1, 0.15) is 23.1 Å². The molecule has 0 fully saturated rings. The number of imidazole rings is 1. The van der Waals surface area contributed by atoms with E-state index in [-0.39, 0.29) is 28.8 Å². The first-order valence-corrected chi connectivity index (χ1v) is 12.3. The molecule has 9 nitrogen and oxygen atoms in total. The minimum absolute atomic E-state index is 0.0166. The predicted molar refractivity (Wildman–Crippen MR) is 128 cm³/mol. The number of halogens is 3. The first-order chi connectivity index (χ1) is 17.1. The van der Waals surface area contributed by atoms with E-state index in [9.17, 15) is 17.6 Å². The number of esters is 1. The Morgan fingerprint density at radius 1 is 1.19 bits per heavy atom.